The van der Waals surface area contributed by atoms with E-state index in [-0.39, 0.29) is 5.41 Å². The Kier molecular flexibility index (Phi) is 4.02. The Bertz CT molecular complexity index is 291. The summed E-state index contributed by atoms with van der Waals surface area (Å²) in [6.07, 6.45) is 2.21. The Morgan fingerprint density at radius 3 is 2.89 bits per heavy atom. The molecule has 0 amide bonds. The van der Waals surface area contributed by atoms with Gasteiger partial charge < -0.3 is 19.9 Å². The van der Waals surface area contributed by atoms with E-state index in [2.05, 4.69) is 19.2 Å². The minimum absolute atomic E-state index is 0.179. The summed E-state index contributed by atoms with van der Waals surface area (Å²) in [7, 11) is 1.67. The Labute approximate surface area is 110 Å². The van der Waals surface area contributed by atoms with E-state index in [0.717, 1.165) is 13.0 Å². The quantitative estimate of drug-likeness (QED) is 0.750. The van der Waals surface area contributed by atoms with Crippen molar-refractivity contribution in [2.45, 2.75) is 51.4 Å². The molecule has 1 aliphatic heterocycles. The SMILES string of the molecule is COCCC(C)(O)CNC1C2CCOC2C1(C)C. The molecule has 0 aromatic rings. The van der Waals surface area contributed by atoms with Gasteiger partial charge in [0, 0.05) is 50.7 Å². The average Bonchev–Trinajstić information content (AvgIpc) is 2.73. The van der Waals surface area contributed by atoms with Gasteiger partial charge >= 0.3 is 0 Å². The maximum Gasteiger partial charge on any atom is 0.0765 e. The molecule has 106 valence electrons. The van der Waals surface area contributed by atoms with Crippen LogP contribution >= 0.6 is 0 Å². The van der Waals surface area contributed by atoms with Crippen LogP contribution in [0.4, 0.5) is 0 Å². The molecule has 18 heavy (non-hydrogen) atoms. The Hall–Kier alpha value is -0.160. The molecule has 1 aliphatic carbocycles. The molecule has 1 saturated carbocycles. The third-order valence-electron chi connectivity index (χ3n) is 4.65. The van der Waals surface area contributed by atoms with Crippen molar-refractivity contribution in [1.82, 2.24) is 5.32 Å². The normalized spacial score (nSPS) is 36.8. The van der Waals surface area contributed by atoms with Crippen LogP contribution in [-0.4, -0.2) is 49.7 Å². The van der Waals surface area contributed by atoms with Crippen LogP contribution in [-0.2, 0) is 9.47 Å². The Balaban J connectivity index is 1.83. The van der Waals surface area contributed by atoms with Gasteiger partial charge in [-0.3, -0.25) is 0 Å². The zero-order valence-corrected chi connectivity index (χ0v) is 12.0. The van der Waals surface area contributed by atoms with Crippen LogP contribution in [0.2, 0.25) is 0 Å². The van der Waals surface area contributed by atoms with E-state index in [1.807, 2.05) is 6.92 Å². The first-order valence-corrected chi connectivity index (χ1v) is 6.95. The molecule has 4 nitrogen and oxygen atoms in total. The lowest BCUT2D eigenvalue weighted by molar-refractivity contribution is -0.117. The van der Waals surface area contributed by atoms with Crippen molar-refractivity contribution in [2.24, 2.45) is 11.3 Å². The molecule has 0 aromatic heterocycles. The summed E-state index contributed by atoms with van der Waals surface area (Å²) in [6, 6.07) is 0.457. The van der Waals surface area contributed by atoms with E-state index in [1.54, 1.807) is 7.11 Å². The monoisotopic (exact) mass is 257 g/mol. The molecule has 0 spiro atoms. The molecule has 4 heteroatoms. The van der Waals surface area contributed by atoms with Gasteiger partial charge in [-0.15, -0.1) is 0 Å². The molecule has 2 fully saturated rings. The summed E-state index contributed by atoms with van der Waals surface area (Å²) in [5, 5.41) is 13.8. The second-order valence-corrected chi connectivity index (χ2v) is 6.66. The van der Waals surface area contributed by atoms with Crippen molar-refractivity contribution in [2.75, 3.05) is 26.9 Å². The van der Waals surface area contributed by atoms with Crippen molar-refractivity contribution < 1.29 is 14.6 Å². The van der Waals surface area contributed by atoms with E-state index < -0.39 is 5.60 Å². The van der Waals surface area contributed by atoms with Crippen molar-refractivity contribution in [3.8, 4) is 0 Å². The molecule has 1 heterocycles. The largest absolute Gasteiger partial charge is 0.389 e. The van der Waals surface area contributed by atoms with Gasteiger partial charge in [0.25, 0.3) is 0 Å². The molecule has 4 atom stereocenters. The highest BCUT2D eigenvalue weighted by Gasteiger charge is 2.59. The lowest BCUT2D eigenvalue weighted by Crippen LogP contribution is -2.67. The highest BCUT2D eigenvalue weighted by atomic mass is 16.5. The molecule has 0 radical (unpaired) electrons. The number of hydrogen-bond donors (Lipinski definition) is 2. The van der Waals surface area contributed by atoms with Gasteiger partial charge in [-0.25, -0.2) is 0 Å². The molecule has 0 bridgehead atoms. The maximum atomic E-state index is 10.3. The molecular weight excluding hydrogens is 230 g/mol. The van der Waals surface area contributed by atoms with Gasteiger partial charge in [-0.2, -0.15) is 0 Å². The van der Waals surface area contributed by atoms with Crippen molar-refractivity contribution in [3.63, 3.8) is 0 Å². The Morgan fingerprint density at radius 2 is 2.22 bits per heavy atom. The van der Waals surface area contributed by atoms with E-state index in [1.165, 1.54) is 0 Å². The topological polar surface area (TPSA) is 50.7 Å². The van der Waals surface area contributed by atoms with Crippen LogP contribution in [0, 0.1) is 11.3 Å². The second-order valence-electron chi connectivity index (χ2n) is 6.66. The van der Waals surface area contributed by atoms with Gasteiger partial charge in [0.05, 0.1) is 11.7 Å². The summed E-state index contributed by atoms with van der Waals surface area (Å²) >= 11 is 0. The first-order chi connectivity index (χ1) is 8.38. The first kappa shape index (κ1) is 14.3. The van der Waals surface area contributed by atoms with Gasteiger partial charge in [0.15, 0.2) is 0 Å². The lowest BCUT2D eigenvalue weighted by Gasteiger charge is -2.55. The second kappa shape index (κ2) is 5.08. The highest BCUT2D eigenvalue weighted by Crippen LogP contribution is 2.52. The standard InChI is InChI=1S/C14H27NO3/c1-13(2)11(10-5-7-18-12(10)13)15-9-14(3,16)6-8-17-4/h10-12,15-16H,5-9H2,1-4H3. The van der Waals surface area contributed by atoms with Gasteiger partial charge in [0.1, 0.15) is 0 Å². The van der Waals surface area contributed by atoms with Crippen molar-refractivity contribution in [1.29, 1.82) is 0 Å². The van der Waals surface area contributed by atoms with Gasteiger partial charge in [-0.1, -0.05) is 13.8 Å². The van der Waals surface area contributed by atoms with Crippen molar-refractivity contribution in [3.05, 3.63) is 0 Å². The molecule has 2 aliphatic rings. The minimum atomic E-state index is -0.698. The lowest BCUT2D eigenvalue weighted by atomic mass is 9.57. The van der Waals surface area contributed by atoms with Crippen LogP contribution in [0.25, 0.3) is 0 Å². The summed E-state index contributed by atoms with van der Waals surface area (Å²) in [6.45, 7) is 8.47. The van der Waals surface area contributed by atoms with Crippen LogP contribution in [0.5, 0.6) is 0 Å². The van der Waals surface area contributed by atoms with Crippen LogP contribution in [0.15, 0.2) is 0 Å². The number of nitrogens with one attached hydrogen (secondary N) is 1. The first-order valence-electron chi connectivity index (χ1n) is 6.95. The number of methoxy groups -OCH3 is 1. The third-order valence-corrected chi connectivity index (χ3v) is 4.65. The fraction of sp³-hybridized carbons (Fsp3) is 1.00. The number of fused-ring (bicyclic) bond motifs is 1. The molecule has 1 saturated heterocycles. The average molecular weight is 257 g/mol. The smallest absolute Gasteiger partial charge is 0.0765 e. The molecule has 2 N–H and O–H groups in total. The predicted molar refractivity (Wildman–Crippen MR) is 70.5 cm³/mol. The van der Waals surface area contributed by atoms with E-state index >= 15 is 0 Å². The Morgan fingerprint density at radius 1 is 1.50 bits per heavy atom. The highest BCUT2D eigenvalue weighted by molar-refractivity contribution is 5.11. The van der Waals surface area contributed by atoms with E-state index in [0.29, 0.717) is 37.6 Å². The predicted octanol–water partition coefficient (Wildman–Crippen LogP) is 1.18. The molecule has 4 unspecified atom stereocenters. The van der Waals surface area contributed by atoms with Crippen LogP contribution < -0.4 is 5.32 Å². The minimum Gasteiger partial charge on any atom is -0.389 e. The molecular formula is C14H27NO3. The van der Waals surface area contributed by atoms with E-state index in [9.17, 15) is 5.11 Å². The molecule has 0 aromatic carbocycles. The fourth-order valence-corrected chi connectivity index (χ4v) is 3.48. The van der Waals surface area contributed by atoms with E-state index in [4.69, 9.17) is 9.47 Å². The number of ether oxygens (including phenoxy) is 2. The molecule has 2 rings (SSSR count). The number of hydrogen-bond acceptors (Lipinski definition) is 4. The third kappa shape index (κ3) is 2.57. The zero-order chi connectivity index (χ0) is 13.4. The van der Waals surface area contributed by atoms with Gasteiger partial charge in [0.2, 0.25) is 0 Å². The summed E-state index contributed by atoms with van der Waals surface area (Å²) in [5.41, 5.74) is -0.519. The maximum absolute atomic E-state index is 10.3. The summed E-state index contributed by atoms with van der Waals surface area (Å²) < 4.78 is 10.8. The summed E-state index contributed by atoms with van der Waals surface area (Å²) in [4.78, 5) is 0. The number of rotatable bonds is 6. The number of aliphatic hydroxyl groups is 1. The zero-order valence-electron chi connectivity index (χ0n) is 12.0. The van der Waals surface area contributed by atoms with Crippen LogP contribution in [0.3, 0.4) is 0 Å². The van der Waals surface area contributed by atoms with Gasteiger partial charge in [-0.05, 0) is 13.3 Å². The van der Waals surface area contributed by atoms with Crippen molar-refractivity contribution >= 4 is 0 Å². The summed E-state index contributed by atoms with van der Waals surface area (Å²) in [5.74, 6) is 0.623. The van der Waals surface area contributed by atoms with Crippen LogP contribution in [0.1, 0.15) is 33.6 Å². The fourth-order valence-electron chi connectivity index (χ4n) is 3.48.